The van der Waals surface area contributed by atoms with Crippen LogP contribution >= 0.6 is 0 Å². The van der Waals surface area contributed by atoms with E-state index in [2.05, 4.69) is 0 Å². The van der Waals surface area contributed by atoms with Crippen molar-refractivity contribution in [1.82, 2.24) is 4.90 Å². The van der Waals surface area contributed by atoms with Crippen molar-refractivity contribution in [2.75, 3.05) is 32.1 Å². The SMILES string of the molecule is CN(C)c1ccc(C(=O)c2ccccc2C(=O)N2CCCCCCC2)cc1[N+](=O)[O-]. The largest absolute Gasteiger partial charge is 0.372 e. The zero-order chi connectivity index (χ0) is 21.7. The Morgan fingerprint density at radius 1 is 0.933 bits per heavy atom. The van der Waals surface area contributed by atoms with Crippen LogP contribution in [-0.2, 0) is 0 Å². The van der Waals surface area contributed by atoms with Crippen LogP contribution in [0.3, 0.4) is 0 Å². The molecule has 1 fully saturated rings. The summed E-state index contributed by atoms with van der Waals surface area (Å²) in [5, 5.41) is 11.5. The molecule has 3 rings (SSSR count). The number of hydrogen-bond acceptors (Lipinski definition) is 5. The first kappa shape index (κ1) is 21.5. The van der Waals surface area contributed by atoms with Gasteiger partial charge in [-0.05, 0) is 31.0 Å². The lowest BCUT2D eigenvalue weighted by molar-refractivity contribution is -0.384. The van der Waals surface area contributed by atoms with Crippen LogP contribution < -0.4 is 4.90 Å². The molecule has 0 aromatic heterocycles. The van der Waals surface area contributed by atoms with E-state index < -0.39 is 4.92 Å². The molecule has 2 aromatic rings. The fourth-order valence-electron chi connectivity index (χ4n) is 3.83. The van der Waals surface area contributed by atoms with Gasteiger partial charge in [0.2, 0.25) is 0 Å². The van der Waals surface area contributed by atoms with Crippen molar-refractivity contribution in [1.29, 1.82) is 0 Å². The van der Waals surface area contributed by atoms with E-state index >= 15 is 0 Å². The zero-order valence-electron chi connectivity index (χ0n) is 17.5. The van der Waals surface area contributed by atoms with E-state index in [9.17, 15) is 19.7 Å². The van der Waals surface area contributed by atoms with Gasteiger partial charge in [0.1, 0.15) is 5.69 Å². The molecule has 0 radical (unpaired) electrons. The Labute approximate surface area is 176 Å². The first-order valence-corrected chi connectivity index (χ1v) is 10.3. The van der Waals surface area contributed by atoms with Crippen LogP contribution in [-0.4, -0.2) is 48.7 Å². The third-order valence-corrected chi connectivity index (χ3v) is 5.46. The molecule has 0 spiro atoms. The van der Waals surface area contributed by atoms with Crippen molar-refractivity contribution in [3.63, 3.8) is 0 Å². The Kier molecular flexibility index (Phi) is 6.82. The van der Waals surface area contributed by atoms with Crippen LogP contribution in [0.5, 0.6) is 0 Å². The van der Waals surface area contributed by atoms with Gasteiger partial charge in [-0.15, -0.1) is 0 Å². The van der Waals surface area contributed by atoms with Gasteiger partial charge in [-0.25, -0.2) is 0 Å². The van der Waals surface area contributed by atoms with Crippen molar-refractivity contribution in [3.05, 3.63) is 69.3 Å². The summed E-state index contributed by atoms with van der Waals surface area (Å²) in [6.45, 7) is 1.37. The molecule has 0 saturated carbocycles. The number of anilines is 1. The maximum atomic E-state index is 13.2. The molecule has 7 heteroatoms. The smallest absolute Gasteiger partial charge is 0.293 e. The fourth-order valence-corrected chi connectivity index (χ4v) is 3.83. The summed E-state index contributed by atoms with van der Waals surface area (Å²) >= 11 is 0. The molecule has 7 nitrogen and oxygen atoms in total. The molecule has 0 atom stereocenters. The lowest BCUT2D eigenvalue weighted by Crippen LogP contribution is -2.34. The van der Waals surface area contributed by atoms with Gasteiger partial charge in [0.05, 0.1) is 10.5 Å². The summed E-state index contributed by atoms with van der Waals surface area (Å²) in [5.41, 5.74) is 1.10. The van der Waals surface area contributed by atoms with Crippen molar-refractivity contribution < 1.29 is 14.5 Å². The predicted octanol–water partition coefficient (Wildman–Crippen LogP) is 4.30. The topological polar surface area (TPSA) is 83.8 Å². The van der Waals surface area contributed by atoms with Crippen molar-refractivity contribution >= 4 is 23.1 Å². The number of nitro benzene ring substituents is 1. The molecular formula is C23H27N3O4. The number of ketones is 1. The van der Waals surface area contributed by atoms with E-state index in [1.807, 2.05) is 4.90 Å². The van der Waals surface area contributed by atoms with Gasteiger partial charge < -0.3 is 9.80 Å². The highest BCUT2D eigenvalue weighted by Gasteiger charge is 2.25. The minimum absolute atomic E-state index is 0.140. The number of amides is 1. The number of rotatable bonds is 5. The molecule has 2 aromatic carbocycles. The summed E-state index contributed by atoms with van der Waals surface area (Å²) in [4.78, 5) is 40.9. The van der Waals surface area contributed by atoms with Crippen molar-refractivity contribution in [2.45, 2.75) is 32.1 Å². The molecular weight excluding hydrogens is 382 g/mol. The van der Waals surface area contributed by atoms with Gasteiger partial charge in [0.15, 0.2) is 5.78 Å². The minimum Gasteiger partial charge on any atom is -0.372 e. The summed E-state index contributed by atoms with van der Waals surface area (Å²) in [5.74, 6) is -0.542. The fraction of sp³-hybridized carbons (Fsp3) is 0.391. The van der Waals surface area contributed by atoms with Gasteiger partial charge >= 0.3 is 0 Å². The van der Waals surface area contributed by atoms with E-state index in [4.69, 9.17) is 0 Å². The minimum atomic E-state index is -0.497. The summed E-state index contributed by atoms with van der Waals surface area (Å²) in [6, 6.07) is 11.2. The molecule has 1 aliphatic heterocycles. The van der Waals surface area contributed by atoms with Gasteiger partial charge in [-0.3, -0.25) is 19.7 Å². The first-order valence-electron chi connectivity index (χ1n) is 10.3. The second-order valence-electron chi connectivity index (χ2n) is 7.79. The van der Waals surface area contributed by atoms with Gasteiger partial charge in [-0.1, -0.05) is 37.5 Å². The number of carbonyl (C=O) groups is 2. The maximum Gasteiger partial charge on any atom is 0.293 e. The molecule has 0 N–H and O–H groups in total. The van der Waals surface area contributed by atoms with Crippen LogP contribution in [0.15, 0.2) is 42.5 Å². The molecule has 0 aliphatic carbocycles. The Bertz CT molecular complexity index is 947. The zero-order valence-corrected chi connectivity index (χ0v) is 17.5. The monoisotopic (exact) mass is 409 g/mol. The van der Waals surface area contributed by atoms with Crippen LogP contribution in [0.2, 0.25) is 0 Å². The quantitative estimate of drug-likeness (QED) is 0.418. The molecule has 1 amide bonds. The van der Waals surface area contributed by atoms with Crippen LogP contribution in [0.4, 0.5) is 11.4 Å². The third-order valence-electron chi connectivity index (χ3n) is 5.46. The molecule has 1 aliphatic rings. The maximum absolute atomic E-state index is 13.2. The Hall–Kier alpha value is -3.22. The van der Waals surface area contributed by atoms with Gasteiger partial charge in [-0.2, -0.15) is 0 Å². The Morgan fingerprint density at radius 3 is 2.13 bits per heavy atom. The molecule has 0 bridgehead atoms. The van der Waals surface area contributed by atoms with Crippen molar-refractivity contribution in [2.24, 2.45) is 0 Å². The number of carbonyl (C=O) groups excluding carboxylic acids is 2. The molecule has 30 heavy (non-hydrogen) atoms. The van der Waals surface area contributed by atoms with Crippen molar-refractivity contribution in [3.8, 4) is 0 Å². The highest BCUT2D eigenvalue weighted by atomic mass is 16.6. The first-order chi connectivity index (χ1) is 14.4. The Morgan fingerprint density at radius 2 is 1.53 bits per heavy atom. The normalized spacial score (nSPS) is 14.5. The number of nitrogens with zero attached hydrogens (tertiary/aromatic N) is 3. The van der Waals surface area contributed by atoms with Gasteiger partial charge in [0, 0.05) is 44.4 Å². The number of hydrogen-bond donors (Lipinski definition) is 0. The van der Waals surface area contributed by atoms with E-state index in [-0.39, 0.29) is 28.5 Å². The molecule has 0 unspecified atom stereocenters. The number of nitro groups is 1. The predicted molar refractivity (Wildman–Crippen MR) is 116 cm³/mol. The second kappa shape index (κ2) is 9.52. The molecule has 158 valence electrons. The number of benzene rings is 2. The van der Waals surface area contributed by atoms with Crippen LogP contribution in [0.25, 0.3) is 0 Å². The molecule has 1 saturated heterocycles. The summed E-state index contributed by atoms with van der Waals surface area (Å²) < 4.78 is 0. The highest BCUT2D eigenvalue weighted by Crippen LogP contribution is 2.29. The second-order valence-corrected chi connectivity index (χ2v) is 7.79. The summed E-state index contributed by atoms with van der Waals surface area (Å²) in [6.07, 6.45) is 5.32. The standard InChI is InChI=1S/C23H27N3O4/c1-24(2)20-13-12-17(16-21(20)26(29)30)22(27)18-10-6-7-11-19(18)23(28)25-14-8-4-3-5-9-15-25/h6-7,10-13,16H,3-5,8-9,14-15H2,1-2H3. The van der Waals surface area contributed by atoms with E-state index in [0.29, 0.717) is 24.3 Å². The summed E-state index contributed by atoms with van der Waals surface area (Å²) in [7, 11) is 3.42. The lowest BCUT2D eigenvalue weighted by Gasteiger charge is -2.25. The lowest BCUT2D eigenvalue weighted by atomic mass is 9.96. The highest BCUT2D eigenvalue weighted by molar-refractivity contribution is 6.15. The van der Waals surface area contributed by atoms with Crippen LogP contribution in [0.1, 0.15) is 58.4 Å². The van der Waals surface area contributed by atoms with E-state index in [0.717, 1.165) is 25.7 Å². The number of likely N-dealkylation sites (tertiary alicyclic amines) is 1. The Balaban J connectivity index is 1.95. The van der Waals surface area contributed by atoms with Gasteiger partial charge in [0.25, 0.3) is 11.6 Å². The van der Waals surface area contributed by atoms with E-state index in [1.165, 1.54) is 12.5 Å². The molecule has 1 heterocycles. The van der Waals surface area contributed by atoms with Crippen LogP contribution in [0, 0.1) is 10.1 Å². The van der Waals surface area contributed by atoms with E-state index in [1.54, 1.807) is 55.4 Å². The average molecular weight is 409 g/mol. The average Bonchev–Trinajstić information content (AvgIpc) is 2.72. The third kappa shape index (κ3) is 4.67.